The summed E-state index contributed by atoms with van der Waals surface area (Å²) in [7, 11) is 0. The highest BCUT2D eigenvalue weighted by atomic mass is 16.5. The molecule has 3 heteroatoms. The first kappa shape index (κ1) is 11.1. The lowest BCUT2D eigenvalue weighted by atomic mass is 10.1. The summed E-state index contributed by atoms with van der Waals surface area (Å²) in [5.74, 6) is 0.107. The van der Waals surface area contributed by atoms with Gasteiger partial charge in [-0.1, -0.05) is 17.7 Å². The molecule has 1 aliphatic rings. The summed E-state index contributed by atoms with van der Waals surface area (Å²) in [6.45, 7) is 6.00. The molecule has 1 heterocycles. The highest BCUT2D eigenvalue weighted by Crippen LogP contribution is 2.12. The number of carbonyl (C=O) groups excluding carboxylic acids is 1. The minimum Gasteiger partial charge on any atom is -0.377 e. The SMILES string of the molecule is Cc1ccc(C(=O)N2CCOC[C@H]2C)cc1. The second kappa shape index (κ2) is 4.66. The number of amides is 1. The maximum atomic E-state index is 12.2. The Balaban J connectivity index is 2.14. The maximum Gasteiger partial charge on any atom is 0.254 e. The van der Waals surface area contributed by atoms with Gasteiger partial charge in [0.15, 0.2) is 0 Å². The van der Waals surface area contributed by atoms with E-state index in [2.05, 4.69) is 0 Å². The predicted molar refractivity (Wildman–Crippen MR) is 62.5 cm³/mol. The zero-order valence-corrected chi connectivity index (χ0v) is 9.77. The summed E-state index contributed by atoms with van der Waals surface area (Å²) < 4.78 is 5.32. The number of carbonyl (C=O) groups is 1. The van der Waals surface area contributed by atoms with E-state index in [0.717, 1.165) is 5.56 Å². The molecule has 1 amide bonds. The molecule has 86 valence electrons. The third-order valence-electron chi connectivity index (χ3n) is 2.93. The maximum absolute atomic E-state index is 12.2. The number of benzene rings is 1. The van der Waals surface area contributed by atoms with Crippen LogP contribution >= 0.6 is 0 Å². The first-order valence-corrected chi connectivity index (χ1v) is 5.64. The zero-order valence-electron chi connectivity index (χ0n) is 9.77. The Morgan fingerprint density at radius 1 is 1.38 bits per heavy atom. The Bertz CT molecular complexity index is 372. The quantitative estimate of drug-likeness (QED) is 0.721. The Morgan fingerprint density at radius 3 is 2.69 bits per heavy atom. The van der Waals surface area contributed by atoms with Gasteiger partial charge in [0, 0.05) is 12.1 Å². The number of ether oxygens (including phenoxy) is 1. The minimum absolute atomic E-state index is 0.107. The highest BCUT2D eigenvalue weighted by molar-refractivity contribution is 5.94. The summed E-state index contributed by atoms with van der Waals surface area (Å²) >= 11 is 0. The fourth-order valence-electron chi connectivity index (χ4n) is 1.89. The molecule has 0 aromatic heterocycles. The predicted octanol–water partition coefficient (Wildman–Crippen LogP) is 1.86. The molecule has 1 fully saturated rings. The number of nitrogens with zero attached hydrogens (tertiary/aromatic N) is 1. The second-order valence-electron chi connectivity index (χ2n) is 4.29. The average molecular weight is 219 g/mol. The van der Waals surface area contributed by atoms with Crippen molar-refractivity contribution in [3.05, 3.63) is 35.4 Å². The van der Waals surface area contributed by atoms with Crippen molar-refractivity contribution < 1.29 is 9.53 Å². The van der Waals surface area contributed by atoms with E-state index < -0.39 is 0 Å². The van der Waals surface area contributed by atoms with Gasteiger partial charge in [-0.15, -0.1) is 0 Å². The van der Waals surface area contributed by atoms with Crippen LogP contribution in [0.5, 0.6) is 0 Å². The molecule has 1 saturated heterocycles. The van der Waals surface area contributed by atoms with E-state index in [-0.39, 0.29) is 11.9 Å². The lowest BCUT2D eigenvalue weighted by molar-refractivity contribution is 0.00359. The Kier molecular flexibility index (Phi) is 3.25. The minimum atomic E-state index is 0.107. The molecule has 0 radical (unpaired) electrons. The van der Waals surface area contributed by atoms with Gasteiger partial charge in [-0.25, -0.2) is 0 Å². The molecule has 16 heavy (non-hydrogen) atoms. The van der Waals surface area contributed by atoms with E-state index in [1.807, 2.05) is 43.0 Å². The van der Waals surface area contributed by atoms with Crippen LogP contribution in [0, 0.1) is 6.92 Å². The molecule has 0 saturated carbocycles. The summed E-state index contributed by atoms with van der Waals surface area (Å²) in [6.07, 6.45) is 0. The molecule has 1 aromatic carbocycles. The first-order chi connectivity index (χ1) is 7.68. The molecule has 1 atom stereocenters. The van der Waals surface area contributed by atoms with Crippen LogP contribution in [0.15, 0.2) is 24.3 Å². The van der Waals surface area contributed by atoms with Crippen LogP contribution in [0.4, 0.5) is 0 Å². The van der Waals surface area contributed by atoms with E-state index in [9.17, 15) is 4.79 Å². The Labute approximate surface area is 96.0 Å². The second-order valence-corrected chi connectivity index (χ2v) is 4.29. The van der Waals surface area contributed by atoms with Crippen molar-refractivity contribution >= 4 is 5.91 Å². The van der Waals surface area contributed by atoms with Crippen LogP contribution in [0.3, 0.4) is 0 Å². The molecular weight excluding hydrogens is 202 g/mol. The fourth-order valence-corrected chi connectivity index (χ4v) is 1.89. The molecule has 3 nitrogen and oxygen atoms in total. The number of hydrogen-bond donors (Lipinski definition) is 0. The molecule has 0 aliphatic carbocycles. The summed E-state index contributed by atoms with van der Waals surface area (Å²) in [5.41, 5.74) is 1.94. The van der Waals surface area contributed by atoms with E-state index in [1.165, 1.54) is 5.56 Å². The van der Waals surface area contributed by atoms with Gasteiger partial charge < -0.3 is 9.64 Å². The monoisotopic (exact) mass is 219 g/mol. The molecule has 0 bridgehead atoms. The average Bonchev–Trinajstić information content (AvgIpc) is 2.30. The Morgan fingerprint density at radius 2 is 2.06 bits per heavy atom. The fraction of sp³-hybridized carbons (Fsp3) is 0.462. The van der Waals surface area contributed by atoms with Crippen LogP contribution in [-0.4, -0.2) is 36.6 Å². The third kappa shape index (κ3) is 2.25. The van der Waals surface area contributed by atoms with Crippen LogP contribution in [0.1, 0.15) is 22.8 Å². The van der Waals surface area contributed by atoms with Gasteiger partial charge in [-0.2, -0.15) is 0 Å². The van der Waals surface area contributed by atoms with E-state index in [4.69, 9.17) is 4.74 Å². The zero-order chi connectivity index (χ0) is 11.5. The van der Waals surface area contributed by atoms with E-state index in [1.54, 1.807) is 0 Å². The van der Waals surface area contributed by atoms with Crippen LogP contribution in [0.2, 0.25) is 0 Å². The van der Waals surface area contributed by atoms with E-state index in [0.29, 0.717) is 19.8 Å². The standard InChI is InChI=1S/C13H17NO2/c1-10-3-5-12(6-4-10)13(15)14-7-8-16-9-11(14)2/h3-6,11H,7-9H2,1-2H3/t11-/m1/s1. The number of aryl methyl sites for hydroxylation is 1. The smallest absolute Gasteiger partial charge is 0.254 e. The van der Waals surface area contributed by atoms with Crippen molar-refractivity contribution in [2.24, 2.45) is 0 Å². The summed E-state index contributed by atoms with van der Waals surface area (Å²) in [4.78, 5) is 14.1. The third-order valence-corrected chi connectivity index (χ3v) is 2.93. The lowest BCUT2D eigenvalue weighted by Crippen LogP contribution is -2.47. The molecule has 0 unspecified atom stereocenters. The molecular formula is C13H17NO2. The number of rotatable bonds is 1. The largest absolute Gasteiger partial charge is 0.377 e. The summed E-state index contributed by atoms with van der Waals surface area (Å²) in [5, 5.41) is 0. The van der Waals surface area contributed by atoms with Crippen molar-refractivity contribution in [3.63, 3.8) is 0 Å². The molecule has 1 aromatic rings. The topological polar surface area (TPSA) is 29.5 Å². The van der Waals surface area contributed by atoms with Crippen molar-refractivity contribution in [2.45, 2.75) is 19.9 Å². The van der Waals surface area contributed by atoms with Gasteiger partial charge >= 0.3 is 0 Å². The first-order valence-electron chi connectivity index (χ1n) is 5.64. The summed E-state index contributed by atoms with van der Waals surface area (Å²) in [6, 6.07) is 7.89. The number of hydrogen-bond acceptors (Lipinski definition) is 2. The molecule has 0 spiro atoms. The van der Waals surface area contributed by atoms with Crippen molar-refractivity contribution in [3.8, 4) is 0 Å². The normalized spacial score (nSPS) is 20.9. The van der Waals surface area contributed by atoms with Crippen molar-refractivity contribution in [1.29, 1.82) is 0 Å². The van der Waals surface area contributed by atoms with E-state index >= 15 is 0 Å². The van der Waals surface area contributed by atoms with Gasteiger partial charge in [0.25, 0.3) is 5.91 Å². The van der Waals surface area contributed by atoms with Crippen LogP contribution in [-0.2, 0) is 4.74 Å². The van der Waals surface area contributed by atoms with Gasteiger partial charge in [-0.05, 0) is 26.0 Å². The van der Waals surface area contributed by atoms with Gasteiger partial charge in [0.05, 0.1) is 19.3 Å². The highest BCUT2D eigenvalue weighted by Gasteiger charge is 2.24. The number of morpholine rings is 1. The van der Waals surface area contributed by atoms with Crippen LogP contribution in [0.25, 0.3) is 0 Å². The molecule has 1 aliphatic heterocycles. The Hall–Kier alpha value is -1.35. The van der Waals surface area contributed by atoms with Crippen molar-refractivity contribution in [2.75, 3.05) is 19.8 Å². The van der Waals surface area contributed by atoms with Gasteiger partial charge in [0.2, 0.25) is 0 Å². The van der Waals surface area contributed by atoms with Crippen LogP contribution < -0.4 is 0 Å². The molecule has 0 N–H and O–H groups in total. The van der Waals surface area contributed by atoms with Gasteiger partial charge in [-0.3, -0.25) is 4.79 Å². The van der Waals surface area contributed by atoms with Crippen molar-refractivity contribution in [1.82, 2.24) is 4.90 Å². The van der Waals surface area contributed by atoms with Gasteiger partial charge in [0.1, 0.15) is 0 Å². The molecule has 2 rings (SSSR count). The lowest BCUT2D eigenvalue weighted by Gasteiger charge is -2.33.